The van der Waals surface area contributed by atoms with Gasteiger partial charge in [0, 0.05) is 54.6 Å². The molecule has 0 amide bonds. The summed E-state index contributed by atoms with van der Waals surface area (Å²) in [7, 11) is 2.12. The predicted octanol–water partition coefficient (Wildman–Crippen LogP) is 4.47. The SMILES string of the molecule is CC(C)[S+]([O-])c1ccoc1Cn1c(=O)c(C(=O)C2CC2)cc2cnc(Nc3ccc(N(C)C4CCCNC4)cc3)nc21. The van der Waals surface area contributed by atoms with E-state index in [2.05, 4.69) is 39.7 Å². The van der Waals surface area contributed by atoms with Gasteiger partial charge in [-0.15, -0.1) is 0 Å². The van der Waals surface area contributed by atoms with Crippen LogP contribution in [-0.2, 0) is 17.7 Å². The van der Waals surface area contributed by atoms with Gasteiger partial charge in [0.15, 0.2) is 16.4 Å². The number of ketones is 1. The van der Waals surface area contributed by atoms with Gasteiger partial charge in [0.05, 0.1) is 18.4 Å². The third-order valence-corrected chi connectivity index (χ3v) is 9.69. The highest BCUT2D eigenvalue weighted by molar-refractivity contribution is 7.92. The number of nitrogens with one attached hydrogen (secondary N) is 2. The lowest BCUT2D eigenvalue weighted by atomic mass is 10.1. The molecule has 1 aliphatic carbocycles. The first-order valence-corrected chi connectivity index (χ1v) is 15.7. The number of carbonyl (C=O) groups excluding carboxylic acids is 1. The number of anilines is 3. The Labute approximate surface area is 247 Å². The molecule has 10 nitrogen and oxygen atoms in total. The maximum atomic E-state index is 13.7. The van der Waals surface area contributed by atoms with E-state index >= 15 is 0 Å². The van der Waals surface area contributed by atoms with Crippen molar-refractivity contribution in [2.75, 3.05) is 30.4 Å². The molecule has 2 unspecified atom stereocenters. The average Bonchev–Trinajstić information content (AvgIpc) is 3.76. The predicted molar refractivity (Wildman–Crippen MR) is 164 cm³/mol. The molecule has 220 valence electrons. The number of likely N-dealkylation sites (N-methyl/N-ethyl adjacent to an activating group) is 1. The number of furan rings is 1. The van der Waals surface area contributed by atoms with E-state index in [0.717, 1.165) is 43.7 Å². The van der Waals surface area contributed by atoms with E-state index < -0.39 is 16.7 Å². The molecule has 1 aromatic carbocycles. The maximum absolute atomic E-state index is 13.7. The van der Waals surface area contributed by atoms with E-state index in [-0.39, 0.29) is 29.1 Å². The van der Waals surface area contributed by atoms with Crippen LogP contribution in [0.25, 0.3) is 11.0 Å². The second kappa shape index (κ2) is 11.9. The average molecular weight is 589 g/mol. The molecule has 6 rings (SSSR count). The zero-order chi connectivity index (χ0) is 29.4. The lowest BCUT2D eigenvalue weighted by Crippen LogP contribution is -2.44. The number of carbonyl (C=O) groups is 1. The minimum Gasteiger partial charge on any atom is -0.611 e. The quantitative estimate of drug-likeness (QED) is 0.204. The molecule has 4 heterocycles. The summed E-state index contributed by atoms with van der Waals surface area (Å²) in [5.74, 6) is 0.453. The Morgan fingerprint density at radius 1 is 1.24 bits per heavy atom. The lowest BCUT2D eigenvalue weighted by Gasteiger charge is -2.33. The number of hydrogen-bond donors (Lipinski definition) is 2. The fraction of sp³-hybridized carbons (Fsp3) is 0.419. The number of fused-ring (bicyclic) bond motifs is 1. The summed E-state index contributed by atoms with van der Waals surface area (Å²) in [6, 6.07) is 11.8. The Morgan fingerprint density at radius 2 is 2.02 bits per heavy atom. The lowest BCUT2D eigenvalue weighted by molar-refractivity contribution is 0.0965. The van der Waals surface area contributed by atoms with Gasteiger partial charge in [0.2, 0.25) is 5.95 Å². The summed E-state index contributed by atoms with van der Waals surface area (Å²) in [6.07, 6.45) is 7.01. The van der Waals surface area contributed by atoms with E-state index in [1.54, 1.807) is 18.3 Å². The number of pyridine rings is 1. The summed E-state index contributed by atoms with van der Waals surface area (Å²) in [5, 5.41) is 7.16. The second-order valence-corrected chi connectivity index (χ2v) is 13.4. The number of nitrogens with zero attached hydrogens (tertiary/aromatic N) is 4. The molecule has 0 bridgehead atoms. The maximum Gasteiger partial charge on any atom is 0.263 e. The van der Waals surface area contributed by atoms with E-state index in [1.165, 1.54) is 17.3 Å². The van der Waals surface area contributed by atoms with Crippen molar-refractivity contribution >= 4 is 45.3 Å². The zero-order valence-electron chi connectivity index (χ0n) is 24.1. The highest BCUT2D eigenvalue weighted by Gasteiger charge is 2.33. The van der Waals surface area contributed by atoms with Gasteiger partial charge in [0.1, 0.15) is 10.9 Å². The van der Waals surface area contributed by atoms with Crippen LogP contribution in [0.4, 0.5) is 17.3 Å². The summed E-state index contributed by atoms with van der Waals surface area (Å²) in [4.78, 5) is 38.8. The molecule has 2 N–H and O–H groups in total. The van der Waals surface area contributed by atoms with Gasteiger partial charge in [0.25, 0.3) is 5.56 Å². The molecule has 0 spiro atoms. The van der Waals surface area contributed by atoms with Crippen molar-refractivity contribution in [2.45, 2.75) is 62.3 Å². The van der Waals surface area contributed by atoms with Crippen molar-refractivity contribution in [3.05, 3.63) is 70.5 Å². The molecule has 1 saturated carbocycles. The molecule has 42 heavy (non-hydrogen) atoms. The van der Waals surface area contributed by atoms with Crippen molar-refractivity contribution < 1.29 is 13.8 Å². The van der Waals surface area contributed by atoms with Gasteiger partial charge in [-0.1, -0.05) is 0 Å². The number of aromatic nitrogens is 3. The minimum absolute atomic E-state index is 0.00454. The van der Waals surface area contributed by atoms with Crippen LogP contribution in [0.3, 0.4) is 0 Å². The number of hydrogen-bond acceptors (Lipinski definition) is 9. The van der Waals surface area contributed by atoms with Crippen molar-refractivity contribution in [2.24, 2.45) is 5.92 Å². The summed E-state index contributed by atoms with van der Waals surface area (Å²) >= 11 is -1.31. The monoisotopic (exact) mass is 588 g/mol. The van der Waals surface area contributed by atoms with Gasteiger partial charge < -0.3 is 24.5 Å². The van der Waals surface area contributed by atoms with Crippen LogP contribution in [0.2, 0.25) is 0 Å². The van der Waals surface area contributed by atoms with Gasteiger partial charge >= 0.3 is 0 Å². The molecular weight excluding hydrogens is 552 g/mol. The van der Waals surface area contributed by atoms with Crippen molar-refractivity contribution in [3.63, 3.8) is 0 Å². The third-order valence-electron chi connectivity index (χ3n) is 8.04. The highest BCUT2D eigenvalue weighted by atomic mass is 32.2. The number of piperidine rings is 1. The van der Waals surface area contributed by atoms with Gasteiger partial charge in [-0.05, 0) is 87.6 Å². The Morgan fingerprint density at radius 3 is 2.71 bits per heavy atom. The molecule has 2 aliphatic rings. The number of benzene rings is 1. The first-order valence-electron chi connectivity index (χ1n) is 14.5. The standard InChI is InChI=1S/C31H36N6O4S/c1-19(2)42(40)27-12-14-41-26(27)18-37-29-21(15-25(30(37)39)28(38)20-6-7-20)16-33-31(35-29)34-22-8-10-23(11-9-22)36(3)24-5-4-13-32-17-24/h8-12,14-16,19-20,24,32H,4-7,13,17-18H2,1-3H3,(H,33,34,35). The van der Waals surface area contributed by atoms with E-state index in [9.17, 15) is 14.1 Å². The van der Waals surface area contributed by atoms with Gasteiger partial charge in [-0.3, -0.25) is 14.2 Å². The topological polar surface area (TPSA) is 128 Å². The summed E-state index contributed by atoms with van der Waals surface area (Å²) < 4.78 is 20.1. The normalized spacial score (nSPS) is 17.9. The van der Waals surface area contributed by atoms with Gasteiger partial charge in [-0.2, -0.15) is 4.98 Å². The van der Waals surface area contributed by atoms with Crippen LogP contribution in [0.1, 0.15) is 55.6 Å². The molecule has 1 aliphatic heterocycles. The van der Waals surface area contributed by atoms with Crippen molar-refractivity contribution in [3.8, 4) is 0 Å². The highest BCUT2D eigenvalue weighted by Crippen LogP contribution is 2.33. The largest absolute Gasteiger partial charge is 0.611 e. The fourth-order valence-electron chi connectivity index (χ4n) is 5.41. The molecule has 4 aromatic rings. The molecule has 3 aromatic heterocycles. The molecular formula is C31H36N6O4S. The van der Waals surface area contributed by atoms with E-state index in [4.69, 9.17) is 9.40 Å². The Hall–Kier alpha value is -3.67. The fourth-order valence-corrected chi connectivity index (χ4v) is 6.45. The van der Waals surface area contributed by atoms with E-state index in [1.807, 2.05) is 26.0 Å². The molecule has 2 atom stereocenters. The van der Waals surface area contributed by atoms with Crippen LogP contribution in [0, 0.1) is 5.92 Å². The van der Waals surface area contributed by atoms with Crippen molar-refractivity contribution in [1.82, 2.24) is 19.9 Å². The Balaban J connectivity index is 1.32. The third kappa shape index (κ3) is 5.81. The van der Waals surface area contributed by atoms with Crippen LogP contribution in [0.5, 0.6) is 0 Å². The molecule has 1 saturated heterocycles. The molecule has 0 radical (unpaired) electrons. The number of Topliss-reactive ketones (excluding diaryl/α,β-unsaturated/α-hetero) is 1. The first kappa shape index (κ1) is 28.4. The first-order chi connectivity index (χ1) is 20.3. The zero-order valence-corrected chi connectivity index (χ0v) is 24.9. The van der Waals surface area contributed by atoms with E-state index in [0.29, 0.717) is 33.7 Å². The molecule has 11 heteroatoms. The van der Waals surface area contributed by atoms with Crippen LogP contribution in [-0.4, -0.2) is 56.3 Å². The number of rotatable bonds is 10. The van der Waals surface area contributed by atoms with Crippen molar-refractivity contribution in [1.29, 1.82) is 0 Å². The minimum atomic E-state index is -1.31. The Kier molecular flexibility index (Phi) is 8.06. The van der Waals surface area contributed by atoms with Crippen LogP contribution in [0.15, 0.2) is 63.0 Å². The summed E-state index contributed by atoms with van der Waals surface area (Å²) in [6.45, 7) is 5.78. The van der Waals surface area contributed by atoms with Gasteiger partial charge in [-0.25, -0.2) is 4.98 Å². The second-order valence-electron chi connectivity index (χ2n) is 11.4. The van der Waals surface area contributed by atoms with Crippen LogP contribution < -0.4 is 21.1 Å². The Bertz CT molecular complexity index is 1640. The summed E-state index contributed by atoms with van der Waals surface area (Å²) in [5.41, 5.74) is 1.99. The molecule has 2 fully saturated rings. The van der Waals surface area contributed by atoms with Crippen LogP contribution >= 0.6 is 0 Å². The smallest absolute Gasteiger partial charge is 0.263 e.